The molecule has 0 radical (unpaired) electrons. The predicted octanol–water partition coefficient (Wildman–Crippen LogP) is 11.3. The Bertz CT molecular complexity index is 2990. The molecule has 1 saturated carbocycles. The second-order valence-corrected chi connectivity index (χ2v) is 26.1. The van der Waals surface area contributed by atoms with E-state index in [4.69, 9.17) is 19.7 Å². The first-order valence-electron chi connectivity index (χ1n) is 25.6. The zero-order valence-corrected chi connectivity index (χ0v) is 40.9. The number of hydrogen-bond donors (Lipinski definition) is 0. The third kappa shape index (κ3) is 8.31. The van der Waals surface area contributed by atoms with Crippen molar-refractivity contribution in [3.8, 4) is 17.5 Å². The third-order valence-corrected chi connectivity index (χ3v) is 21.8. The minimum Gasteiger partial charge on any atom is -0.461 e. The summed E-state index contributed by atoms with van der Waals surface area (Å²) in [5.41, 5.74) is 5.68. The van der Waals surface area contributed by atoms with Gasteiger partial charge in [-0.2, -0.15) is 14.4 Å². The number of hydrogen-bond acceptors (Lipinski definition) is 7. The van der Waals surface area contributed by atoms with Crippen LogP contribution in [0.5, 0.6) is 6.01 Å². The van der Waals surface area contributed by atoms with Crippen molar-refractivity contribution in [3.05, 3.63) is 118 Å². The number of fused-ring (bicyclic) bond motifs is 4. The Hall–Kier alpha value is -5.51. The van der Waals surface area contributed by atoms with Crippen LogP contribution in [-0.4, -0.2) is 79.1 Å². The first-order valence-corrected chi connectivity index (χ1v) is 26.8. The number of aromatic nitrogens is 2. The van der Waals surface area contributed by atoms with Gasteiger partial charge in [0.25, 0.3) is 0 Å². The summed E-state index contributed by atoms with van der Waals surface area (Å²) in [5, 5.41) is 0.858. The normalized spacial score (nSPS) is 23.1. The van der Waals surface area contributed by atoms with Crippen molar-refractivity contribution in [1.29, 1.82) is 0 Å². The molecule has 1 aromatic heterocycles. The van der Waals surface area contributed by atoms with Gasteiger partial charge in [-0.25, -0.2) is 18.2 Å². The summed E-state index contributed by atoms with van der Waals surface area (Å²) < 4.78 is 91.5. The molecule has 10 rings (SSSR count). The molecular formula is C56H62F4N6OSi. The monoisotopic (exact) mass is 940 g/mol. The number of halogens is 4. The van der Waals surface area contributed by atoms with Crippen molar-refractivity contribution < 1.29 is 25.0 Å². The molecule has 4 aliphatic heterocycles. The number of rotatable bonds is 11. The van der Waals surface area contributed by atoms with E-state index in [-0.39, 0.29) is 75.6 Å². The molecule has 4 fully saturated rings. The van der Waals surface area contributed by atoms with Crippen molar-refractivity contribution in [1.82, 2.24) is 14.9 Å². The average Bonchev–Trinajstić information content (AvgIpc) is 3.91. The summed E-state index contributed by atoms with van der Waals surface area (Å²) in [6.45, 7) is 11.8. The van der Waals surface area contributed by atoms with Gasteiger partial charge in [-0.3, -0.25) is 4.90 Å². The Kier molecular flexibility index (Phi) is 11.9. The fraction of sp³-hybridized carbons (Fsp3) is 0.446. The Morgan fingerprint density at radius 2 is 1.62 bits per heavy atom. The number of alkyl halides is 1. The Morgan fingerprint density at radius 1 is 0.912 bits per heavy atom. The van der Waals surface area contributed by atoms with Crippen LogP contribution in [0.3, 0.4) is 0 Å². The average molecular weight is 941 g/mol. The molecule has 7 nitrogen and oxygen atoms in total. The van der Waals surface area contributed by atoms with Crippen LogP contribution in [0.15, 0.2) is 83.9 Å². The zero-order valence-electron chi connectivity index (χ0n) is 41.9. The van der Waals surface area contributed by atoms with Gasteiger partial charge in [0.1, 0.15) is 32.0 Å². The molecule has 4 aromatic carbocycles. The SMILES string of the molecule is [2H]C([2H])(Oc1nc(N2CCCCC3CC32)c2c(n1)=C(F)N(c1cc(N=C(c3ccccc3)c3ccccc3)cc3cc(F)c(F)c(C#C[Si](C(C)C)(C(C)C)C(C)C)c13)CC=2)[C@@]12CCCN1C[C@H](F)C2. The molecular weight excluding hydrogens is 877 g/mol. The van der Waals surface area contributed by atoms with Crippen LogP contribution in [0.2, 0.25) is 16.6 Å². The number of nitrogens with zero attached hydrogens (tertiary/aromatic N) is 6. The van der Waals surface area contributed by atoms with E-state index in [2.05, 4.69) is 57.9 Å². The first-order chi connectivity index (χ1) is 33.5. The van der Waals surface area contributed by atoms with E-state index in [1.165, 1.54) is 4.90 Å². The Balaban J connectivity index is 1.22. The lowest BCUT2D eigenvalue weighted by atomic mass is 9.95. The van der Waals surface area contributed by atoms with Crippen LogP contribution < -0.4 is 25.1 Å². The van der Waals surface area contributed by atoms with Gasteiger partial charge in [0.05, 0.1) is 30.9 Å². The van der Waals surface area contributed by atoms with E-state index in [0.717, 1.165) is 42.9 Å². The van der Waals surface area contributed by atoms with Gasteiger partial charge in [-0.1, -0.05) is 121 Å². The summed E-state index contributed by atoms with van der Waals surface area (Å²) >= 11 is 0. The highest BCUT2D eigenvalue weighted by Crippen LogP contribution is 2.45. The second kappa shape index (κ2) is 18.4. The number of anilines is 2. The van der Waals surface area contributed by atoms with E-state index in [0.29, 0.717) is 54.3 Å². The molecule has 1 aliphatic carbocycles. The van der Waals surface area contributed by atoms with Crippen LogP contribution in [0.1, 0.15) is 106 Å². The smallest absolute Gasteiger partial charge is 0.319 e. The van der Waals surface area contributed by atoms with Crippen molar-refractivity contribution >= 4 is 53.8 Å². The molecule has 0 spiro atoms. The van der Waals surface area contributed by atoms with Gasteiger partial charge in [0.15, 0.2) is 11.6 Å². The Morgan fingerprint density at radius 3 is 2.31 bits per heavy atom. The molecule has 354 valence electrons. The van der Waals surface area contributed by atoms with Crippen LogP contribution in [0, 0.1) is 29.0 Å². The highest BCUT2D eigenvalue weighted by molar-refractivity contribution is 6.90. The topological polar surface area (TPSA) is 57.1 Å². The van der Waals surface area contributed by atoms with E-state index >= 15 is 17.6 Å². The summed E-state index contributed by atoms with van der Waals surface area (Å²) in [5.74, 6) is 1.17. The molecule has 5 aromatic rings. The van der Waals surface area contributed by atoms with Gasteiger partial charge >= 0.3 is 6.01 Å². The lowest BCUT2D eigenvalue weighted by Gasteiger charge is -2.38. The van der Waals surface area contributed by atoms with Crippen molar-refractivity contribution in [3.63, 3.8) is 0 Å². The van der Waals surface area contributed by atoms with Gasteiger partial charge in [0, 0.05) is 53.8 Å². The third-order valence-electron chi connectivity index (χ3n) is 15.5. The molecule has 5 aliphatic rings. The van der Waals surface area contributed by atoms with Crippen LogP contribution >= 0.6 is 0 Å². The van der Waals surface area contributed by atoms with E-state index in [9.17, 15) is 2.74 Å². The largest absolute Gasteiger partial charge is 0.461 e. The van der Waals surface area contributed by atoms with Crippen molar-refractivity contribution in [2.75, 3.05) is 42.5 Å². The van der Waals surface area contributed by atoms with Gasteiger partial charge < -0.3 is 14.5 Å². The predicted molar refractivity (Wildman–Crippen MR) is 269 cm³/mol. The molecule has 3 saturated heterocycles. The van der Waals surface area contributed by atoms with Crippen LogP contribution in [0.25, 0.3) is 22.8 Å². The fourth-order valence-electron chi connectivity index (χ4n) is 12.1. The molecule has 0 bridgehead atoms. The minimum atomic E-state index is -2.50. The quantitative estimate of drug-likeness (QED) is 0.0432. The fourth-order valence-corrected chi connectivity index (χ4v) is 17.4. The summed E-state index contributed by atoms with van der Waals surface area (Å²) in [6, 6.07) is 23.7. The molecule has 68 heavy (non-hydrogen) atoms. The number of benzene rings is 4. The van der Waals surface area contributed by atoms with Crippen LogP contribution in [0.4, 0.5) is 34.8 Å². The van der Waals surface area contributed by atoms with E-state index < -0.39 is 43.9 Å². The van der Waals surface area contributed by atoms with Crippen molar-refractivity contribution in [2.24, 2.45) is 10.9 Å². The van der Waals surface area contributed by atoms with Crippen molar-refractivity contribution in [2.45, 2.75) is 121 Å². The minimum absolute atomic E-state index is 0.0324. The van der Waals surface area contributed by atoms with E-state index in [1.54, 1.807) is 12.1 Å². The molecule has 4 atom stereocenters. The van der Waals surface area contributed by atoms with Gasteiger partial charge in [-0.15, -0.1) is 5.54 Å². The molecule has 5 heterocycles. The zero-order chi connectivity index (χ0) is 49.3. The standard InChI is InChI=1S/C56H62F4N6OSi/c1-35(2)68(36(3)4,37(5)6)27-22-44-49-41(29-46(58)50(44)59)28-43(61-51(38-16-9-7-10-17-38)39-18-11-8-12-19-39)31-48(49)65-26-21-45-52(53(65)60)62-55(63-54(45)66-25-14-13-20-40-30-47(40)66)67-34-56-23-15-24-64(56)33-42(57)32-56/h7-12,16-19,21,28-29,31,35-37,40,42,47H,13-15,20,23-26,30,32-34H2,1-6H3/t40?,42-,47?,56+/m1/s1/i34D2. The van der Waals surface area contributed by atoms with Gasteiger partial charge in [-0.05, 0) is 84.8 Å². The number of ether oxygens (including phenoxy) is 1. The Labute approximate surface area is 401 Å². The summed E-state index contributed by atoms with van der Waals surface area (Å²) in [6.07, 6.45) is 5.72. The maximum atomic E-state index is 18.4. The maximum absolute atomic E-state index is 18.4. The highest BCUT2D eigenvalue weighted by Gasteiger charge is 2.50. The van der Waals surface area contributed by atoms with Gasteiger partial charge in [0.2, 0.25) is 5.95 Å². The van der Waals surface area contributed by atoms with Crippen LogP contribution in [-0.2, 0) is 0 Å². The molecule has 2 unspecified atom stereocenters. The molecule has 0 amide bonds. The lowest BCUT2D eigenvalue weighted by molar-refractivity contribution is 0.107. The first kappa shape index (κ1) is 43.7. The lowest BCUT2D eigenvalue weighted by Crippen LogP contribution is -2.47. The summed E-state index contributed by atoms with van der Waals surface area (Å²) in [4.78, 5) is 20.3. The highest BCUT2D eigenvalue weighted by atomic mass is 28.3. The van der Waals surface area contributed by atoms with E-state index in [1.807, 2.05) is 71.6 Å². The summed E-state index contributed by atoms with van der Waals surface area (Å²) in [7, 11) is -2.50. The second-order valence-electron chi connectivity index (χ2n) is 20.5. The molecule has 0 N–H and O–H groups in total. The number of aliphatic imine (C=N–C) groups is 1. The maximum Gasteiger partial charge on any atom is 0.319 e. The molecule has 12 heteroatoms.